The first-order chi connectivity index (χ1) is 14.0. The molecule has 1 fully saturated rings. The van der Waals surface area contributed by atoms with Crippen LogP contribution >= 0.6 is 24.0 Å². The predicted molar refractivity (Wildman–Crippen MR) is 131 cm³/mol. The average molecular weight is 557 g/mol. The van der Waals surface area contributed by atoms with Crippen LogP contribution in [-0.2, 0) is 15.8 Å². The highest BCUT2D eigenvalue weighted by Crippen LogP contribution is 2.12. The zero-order valence-electron chi connectivity index (χ0n) is 18.4. The Morgan fingerprint density at radius 1 is 1.20 bits per heavy atom. The van der Waals surface area contributed by atoms with Crippen LogP contribution in [0.5, 0.6) is 0 Å². The van der Waals surface area contributed by atoms with E-state index in [1.54, 1.807) is 13.1 Å². The van der Waals surface area contributed by atoms with Crippen LogP contribution in [0.1, 0.15) is 38.8 Å². The van der Waals surface area contributed by atoms with Crippen LogP contribution < -0.4 is 5.32 Å². The number of hydrogen-bond acceptors (Lipinski definition) is 6. The number of aliphatic imine (C=N–C) groups is 1. The van der Waals surface area contributed by atoms with Crippen molar-refractivity contribution >= 4 is 40.0 Å². The molecule has 9 nitrogen and oxygen atoms in total. The van der Waals surface area contributed by atoms with E-state index in [1.165, 1.54) is 23.4 Å². The Bertz CT molecular complexity index is 700. The number of rotatable bonds is 11. The smallest absolute Gasteiger partial charge is 0.220 e. The Morgan fingerprint density at radius 3 is 2.40 bits per heavy atom. The molecule has 0 bridgehead atoms. The van der Waals surface area contributed by atoms with Crippen molar-refractivity contribution in [3.05, 3.63) is 18.0 Å². The van der Waals surface area contributed by atoms with Gasteiger partial charge in [-0.1, -0.05) is 19.0 Å². The molecule has 0 unspecified atom stereocenters. The molecule has 174 valence electrons. The van der Waals surface area contributed by atoms with Gasteiger partial charge >= 0.3 is 0 Å². The number of sulfonamides is 1. The second kappa shape index (κ2) is 14.2. The number of nitrogens with zero attached hydrogens (tertiary/aromatic N) is 5. The van der Waals surface area contributed by atoms with Gasteiger partial charge in [-0.3, -0.25) is 4.99 Å². The molecule has 11 heteroatoms. The van der Waals surface area contributed by atoms with Gasteiger partial charge in [0.15, 0.2) is 5.96 Å². The Hall–Kier alpha value is -0.920. The first kappa shape index (κ1) is 27.1. The summed E-state index contributed by atoms with van der Waals surface area (Å²) in [6.07, 6.45) is 4.81. The second-order valence-corrected chi connectivity index (χ2v) is 9.27. The van der Waals surface area contributed by atoms with E-state index in [0.717, 1.165) is 38.6 Å². The molecular weight excluding hydrogens is 519 g/mol. The third-order valence-corrected chi connectivity index (χ3v) is 6.79. The summed E-state index contributed by atoms with van der Waals surface area (Å²) >= 11 is 0. The van der Waals surface area contributed by atoms with Crippen molar-refractivity contribution in [2.24, 2.45) is 4.99 Å². The van der Waals surface area contributed by atoms with Crippen molar-refractivity contribution in [3.63, 3.8) is 0 Å². The molecule has 2 rings (SSSR count). The fraction of sp³-hybridized carbons (Fsp3) is 0.789. The molecule has 0 atom stereocenters. The lowest BCUT2D eigenvalue weighted by molar-refractivity contribution is 0.256. The first-order valence-electron chi connectivity index (χ1n) is 10.5. The van der Waals surface area contributed by atoms with E-state index in [4.69, 9.17) is 4.52 Å². The predicted octanol–water partition coefficient (Wildman–Crippen LogP) is 1.83. The highest BCUT2D eigenvalue weighted by Gasteiger charge is 2.28. The van der Waals surface area contributed by atoms with Gasteiger partial charge in [-0.05, 0) is 38.9 Å². The van der Waals surface area contributed by atoms with Gasteiger partial charge in [0.2, 0.25) is 10.0 Å². The lowest BCUT2D eigenvalue weighted by atomic mass is 10.3. The van der Waals surface area contributed by atoms with Crippen LogP contribution in [0.3, 0.4) is 0 Å². The van der Waals surface area contributed by atoms with Gasteiger partial charge in [-0.15, -0.1) is 24.0 Å². The molecule has 1 N–H and O–H groups in total. The van der Waals surface area contributed by atoms with E-state index < -0.39 is 10.0 Å². The molecule has 2 heterocycles. The maximum Gasteiger partial charge on any atom is 0.220 e. The Morgan fingerprint density at radius 2 is 1.87 bits per heavy atom. The first-order valence-corrected chi connectivity index (χ1v) is 12.2. The maximum atomic E-state index is 12.6. The van der Waals surface area contributed by atoms with Crippen molar-refractivity contribution in [1.29, 1.82) is 0 Å². The highest BCUT2D eigenvalue weighted by atomic mass is 127. The zero-order valence-corrected chi connectivity index (χ0v) is 21.6. The van der Waals surface area contributed by atoms with Gasteiger partial charge in [-0.2, -0.15) is 4.31 Å². The van der Waals surface area contributed by atoms with E-state index >= 15 is 0 Å². The zero-order chi connectivity index (χ0) is 21.1. The molecular formula is C19H37IN6O3S. The summed E-state index contributed by atoms with van der Waals surface area (Å²) in [4.78, 5) is 9.00. The third-order valence-electron chi connectivity index (χ3n) is 4.98. The monoisotopic (exact) mass is 556 g/mol. The van der Waals surface area contributed by atoms with E-state index in [-0.39, 0.29) is 29.7 Å². The molecule has 0 spiro atoms. The summed E-state index contributed by atoms with van der Waals surface area (Å²) < 4.78 is 31.4. The lowest BCUT2D eigenvalue weighted by Crippen LogP contribution is -2.54. The number of aromatic nitrogens is 1. The van der Waals surface area contributed by atoms with Crippen LogP contribution in [0.4, 0.5) is 0 Å². The summed E-state index contributed by atoms with van der Waals surface area (Å²) in [5, 5.41) is 7.13. The molecule has 1 saturated heterocycles. The third kappa shape index (κ3) is 8.67. The molecule has 1 aliphatic rings. The van der Waals surface area contributed by atoms with E-state index in [1.807, 2.05) is 0 Å². The minimum atomic E-state index is -3.39. The summed E-state index contributed by atoms with van der Waals surface area (Å²) in [5.41, 5.74) is 0.435. The van der Waals surface area contributed by atoms with Crippen LogP contribution in [0.2, 0.25) is 0 Å². The summed E-state index contributed by atoms with van der Waals surface area (Å²) in [6, 6.07) is 1.59. The second-order valence-electron chi connectivity index (χ2n) is 7.30. The lowest BCUT2D eigenvalue weighted by Gasteiger charge is -2.35. The SMILES string of the molecule is CCCN(CCC)CCCNC(=NC)N1CCN(S(=O)(=O)Cc2ccon2)CC1.I. The highest BCUT2D eigenvalue weighted by molar-refractivity contribution is 14.0. The number of halogens is 1. The number of hydrogen-bond donors (Lipinski definition) is 1. The minimum absolute atomic E-state index is 0. The van der Waals surface area contributed by atoms with Crippen molar-refractivity contribution in [2.45, 2.75) is 38.9 Å². The Balaban J connectivity index is 0.00000450. The van der Waals surface area contributed by atoms with Crippen molar-refractivity contribution in [1.82, 2.24) is 24.6 Å². The molecule has 0 aliphatic carbocycles. The van der Waals surface area contributed by atoms with Gasteiger partial charge in [0.1, 0.15) is 12.0 Å². The number of piperazine rings is 1. The Labute approximate surface area is 198 Å². The standard InChI is InChI=1S/C19H36N6O3S.HI/c1-4-9-23(10-5-2)11-6-8-21-19(20-3)24-12-14-25(15-13-24)29(26,27)17-18-7-16-28-22-18;/h7,16H,4-6,8-15,17H2,1-3H3,(H,20,21);1H. The quantitative estimate of drug-likeness (QED) is 0.192. The average Bonchev–Trinajstić information content (AvgIpc) is 3.21. The van der Waals surface area contributed by atoms with Crippen LogP contribution in [0.25, 0.3) is 0 Å². The number of guanidine groups is 1. The molecule has 0 radical (unpaired) electrons. The van der Waals surface area contributed by atoms with Gasteiger partial charge in [-0.25, -0.2) is 8.42 Å². The van der Waals surface area contributed by atoms with E-state index in [9.17, 15) is 8.42 Å². The summed E-state index contributed by atoms with van der Waals surface area (Å²) in [5.74, 6) is 0.721. The van der Waals surface area contributed by atoms with Crippen molar-refractivity contribution in [3.8, 4) is 0 Å². The van der Waals surface area contributed by atoms with Crippen LogP contribution in [0, 0.1) is 0 Å². The number of nitrogens with one attached hydrogen (secondary N) is 1. The normalized spacial score (nSPS) is 16.0. The van der Waals surface area contributed by atoms with Crippen molar-refractivity contribution in [2.75, 3.05) is 59.4 Å². The molecule has 1 aromatic rings. The van der Waals surface area contributed by atoms with Gasteiger partial charge in [0.25, 0.3) is 0 Å². The fourth-order valence-electron chi connectivity index (χ4n) is 3.57. The molecule has 1 aromatic heterocycles. The molecule has 0 amide bonds. The maximum absolute atomic E-state index is 12.6. The van der Waals surface area contributed by atoms with Crippen LogP contribution in [0.15, 0.2) is 21.8 Å². The van der Waals surface area contributed by atoms with E-state index in [0.29, 0.717) is 31.9 Å². The summed E-state index contributed by atoms with van der Waals surface area (Å²) in [6.45, 7) is 10.8. The topological polar surface area (TPSA) is 94.3 Å². The van der Waals surface area contributed by atoms with Crippen LogP contribution in [-0.4, -0.2) is 93.0 Å². The molecule has 1 aliphatic heterocycles. The van der Waals surface area contributed by atoms with Gasteiger partial charge < -0.3 is 19.6 Å². The largest absolute Gasteiger partial charge is 0.364 e. The summed E-state index contributed by atoms with van der Waals surface area (Å²) in [7, 11) is -1.61. The fourth-order valence-corrected chi connectivity index (χ4v) is 5.00. The van der Waals surface area contributed by atoms with E-state index in [2.05, 4.69) is 39.1 Å². The van der Waals surface area contributed by atoms with Gasteiger partial charge in [0.05, 0.1) is 5.69 Å². The molecule has 30 heavy (non-hydrogen) atoms. The van der Waals surface area contributed by atoms with Gasteiger partial charge in [0, 0.05) is 45.8 Å². The Kier molecular flexibility index (Phi) is 12.8. The van der Waals surface area contributed by atoms with Crippen molar-refractivity contribution < 1.29 is 12.9 Å². The molecule has 0 saturated carbocycles. The minimum Gasteiger partial charge on any atom is -0.364 e. The molecule has 0 aromatic carbocycles.